The number of aliphatic hydroxyl groups is 1. The minimum absolute atomic E-state index is 0.147. The molecular weight excluding hydrogens is 286 g/mol. The van der Waals surface area contributed by atoms with E-state index < -0.39 is 0 Å². The van der Waals surface area contributed by atoms with E-state index in [9.17, 15) is 5.11 Å². The summed E-state index contributed by atoms with van der Waals surface area (Å²) >= 11 is 6.03. The molecule has 0 radical (unpaired) electrons. The Morgan fingerprint density at radius 1 is 1.48 bits per heavy atom. The summed E-state index contributed by atoms with van der Waals surface area (Å²) in [5.41, 5.74) is 2.01. The molecule has 1 aromatic carbocycles. The first-order valence-corrected chi connectivity index (χ1v) is 7.97. The Morgan fingerprint density at radius 3 is 3.00 bits per heavy atom. The number of imidazole rings is 1. The van der Waals surface area contributed by atoms with E-state index in [0.717, 1.165) is 42.7 Å². The maximum Gasteiger partial charge on any atom is 0.126 e. The fourth-order valence-electron chi connectivity index (χ4n) is 3.25. The average Bonchev–Trinajstić information content (AvgIpc) is 3.00. The molecule has 1 saturated carbocycles. The number of benzene rings is 1. The highest BCUT2D eigenvalue weighted by Crippen LogP contribution is 2.26. The summed E-state index contributed by atoms with van der Waals surface area (Å²) in [6.07, 6.45) is 3.03. The smallest absolute Gasteiger partial charge is 0.126 e. The zero-order valence-electron chi connectivity index (χ0n) is 12.5. The third-order valence-electron chi connectivity index (χ3n) is 4.57. The molecule has 1 aliphatic carbocycles. The lowest BCUT2D eigenvalue weighted by atomic mass is 10.1. The molecule has 0 saturated heterocycles. The monoisotopic (exact) mass is 307 g/mol. The molecule has 4 nitrogen and oxygen atoms in total. The van der Waals surface area contributed by atoms with E-state index in [-0.39, 0.29) is 12.1 Å². The second-order valence-corrected chi connectivity index (χ2v) is 6.49. The highest BCUT2D eigenvalue weighted by molar-refractivity contribution is 6.31. The maximum absolute atomic E-state index is 9.90. The summed E-state index contributed by atoms with van der Waals surface area (Å²) in [6, 6.07) is 5.94. The zero-order chi connectivity index (χ0) is 15.0. The normalized spacial score (nSPS) is 23.8. The molecule has 114 valence electrons. The second kappa shape index (κ2) is 5.95. The van der Waals surface area contributed by atoms with Crippen LogP contribution in [0.15, 0.2) is 18.2 Å². The van der Waals surface area contributed by atoms with Crippen LogP contribution in [-0.4, -0.2) is 27.3 Å². The van der Waals surface area contributed by atoms with Gasteiger partial charge in [-0.3, -0.25) is 0 Å². The van der Waals surface area contributed by atoms with E-state index in [1.165, 1.54) is 0 Å². The number of halogens is 1. The Bertz CT molecular complexity index is 640. The molecule has 0 amide bonds. The van der Waals surface area contributed by atoms with E-state index >= 15 is 0 Å². The van der Waals surface area contributed by atoms with Crippen LogP contribution in [-0.2, 0) is 7.05 Å². The van der Waals surface area contributed by atoms with Gasteiger partial charge in [0, 0.05) is 18.6 Å². The van der Waals surface area contributed by atoms with Crippen LogP contribution in [0, 0.1) is 5.92 Å². The molecule has 21 heavy (non-hydrogen) atoms. The summed E-state index contributed by atoms with van der Waals surface area (Å²) in [5.74, 6) is 1.37. The summed E-state index contributed by atoms with van der Waals surface area (Å²) in [6.45, 7) is 2.95. The van der Waals surface area contributed by atoms with E-state index in [2.05, 4.69) is 16.8 Å². The van der Waals surface area contributed by atoms with Gasteiger partial charge in [0.05, 0.1) is 23.2 Å². The molecule has 1 fully saturated rings. The molecule has 2 aromatic rings. The first-order chi connectivity index (χ1) is 10.1. The lowest BCUT2D eigenvalue weighted by Gasteiger charge is -2.19. The first kappa shape index (κ1) is 14.8. The molecule has 1 heterocycles. The van der Waals surface area contributed by atoms with Gasteiger partial charge in [0.2, 0.25) is 0 Å². The van der Waals surface area contributed by atoms with Crippen molar-refractivity contribution < 1.29 is 5.11 Å². The van der Waals surface area contributed by atoms with Crippen LogP contribution in [0.3, 0.4) is 0 Å². The minimum Gasteiger partial charge on any atom is -0.393 e. The number of hydrogen-bond acceptors (Lipinski definition) is 3. The Hall–Kier alpha value is -1.10. The third kappa shape index (κ3) is 2.93. The summed E-state index contributed by atoms with van der Waals surface area (Å²) < 4.78 is 2.11. The zero-order valence-corrected chi connectivity index (χ0v) is 13.3. The minimum atomic E-state index is -0.149. The highest BCUT2D eigenvalue weighted by atomic mass is 35.5. The molecule has 1 aromatic heterocycles. The summed E-state index contributed by atoms with van der Waals surface area (Å²) in [7, 11) is 2.03. The van der Waals surface area contributed by atoms with E-state index in [0.29, 0.717) is 10.9 Å². The van der Waals surface area contributed by atoms with Crippen LogP contribution in [0.25, 0.3) is 11.0 Å². The van der Waals surface area contributed by atoms with Crippen LogP contribution in [0.4, 0.5) is 0 Å². The number of aromatic nitrogens is 2. The van der Waals surface area contributed by atoms with Gasteiger partial charge in [-0.15, -0.1) is 0 Å². The SMILES string of the molecule is CC(NCC1CCCC1O)c1nc2cc(Cl)ccc2n1C. The lowest BCUT2D eigenvalue weighted by molar-refractivity contribution is 0.130. The number of hydrogen-bond donors (Lipinski definition) is 2. The fourth-order valence-corrected chi connectivity index (χ4v) is 3.42. The highest BCUT2D eigenvalue weighted by Gasteiger charge is 2.25. The van der Waals surface area contributed by atoms with E-state index in [4.69, 9.17) is 16.6 Å². The standard InChI is InChI=1S/C16H22ClN3O/c1-10(18-9-11-4-3-5-15(11)21)16-19-13-8-12(17)6-7-14(13)20(16)2/h6-8,10-11,15,18,21H,3-5,9H2,1-2H3. The molecule has 5 heteroatoms. The molecule has 0 aliphatic heterocycles. The van der Waals surface area contributed by atoms with Crippen LogP contribution >= 0.6 is 11.6 Å². The van der Waals surface area contributed by atoms with Crippen LogP contribution in [0.2, 0.25) is 5.02 Å². The van der Waals surface area contributed by atoms with Crippen LogP contribution in [0.5, 0.6) is 0 Å². The van der Waals surface area contributed by atoms with Gasteiger partial charge in [-0.2, -0.15) is 0 Å². The van der Waals surface area contributed by atoms with Gasteiger partial charge in [-0.1, -0.05) is 18.0 Å². The van der Waals surface area contributed by atoms with Crippen LogP contribution < -0.4 is 5.32 Å². The van der Waals surface area contributed by atoms with Gasteiger partial charge in [-0.05, 0) is 43.9 Å². The van der Waals surface area contributed by atoms with Crippen molar-refractivity contribution in [3.8, 4) is 0 Å². The second-order valence-electron chi connectivity index (χ2n) is 6.05. The molecule has 3 rings (SSSR count). The Labute approximate surface area is 130 Å². The van der Waals surface area contributed by atoms with Crippen molar-refractivity contribution in [1.82, 2.24) is 14.9 Å². The Kier molecular flexibility index (Phi) is 4.20. The van der Waals surface area contributed by atoms with Crippen molar-refractivity contribution in [2.24, 2.45) is 13.0 Å². The third-order valence-corrected chi connectivity index (χ3v) is 4.81. The van der Waals surface area contributed by atoms with Crippen molar-refractivity contribution >= 4 is 22.6 Å². The van der Waals surface area contributed by atoms with E-state index in [1.807, 2.05) is 25.2 Å². The predicted molar refractivity (Wildman–Crippen MR) is 85.5 cm³/mol. The molecule has 2 N–H and O–H groups in total. The number of rotatable bonds is 4. The van der Waals surface area contributed by atoms with Gasteiger partial charge < -0.3 is 15.0 Å². The van der Waals surface area contributed by atoms with E-state index in [1.54, 1.807) is 0 Å². The van der Waals surface area contributed by atoms with Crippen molar-refractivity contribution in [3.63, 3.8) is 0 Å². The number of nitrogens with one attached hydrogen (secondary N) is 1. The van der Waals surface area contributed by atoms with Gasteiger partial charge in [0.15, 0.2) is 0 Å². The molecule has 3 atom stereocenters. The first-order valence-electron chi connectivity index (χ1n) is 7.59. The van der Waals surface area contributed by atoms with Gasteiger partial charge in [0.25, 0.3) is 0 Å². The average molecular weight is 308 g/mol. The van der Waals surface area contributed by atoms with Crippen molar-refractivity contribution in [2.45, 2.75) is 38.3 Å². The molecule has 0 spiro atoms. The summed E-state index contributed by atoms with van der Waals surface area (Å²) in [4.78, 5) is 4.69. The predicted octanol–water partition coefficient (Wildman–Crippen LogP) is 3.04. The number of nitrogens with zero attached hydrogens (tertiary/aromatic N) is 2. The van der Waals surface area contributed by atoms with Crippen molar-refractivity contribution in [1.29, 1.82) is 0 Å². The number of aryl methyl sites for hydroxylation is 1. The van der Waals surface area contributed by atoms with Crippen molar-refractivity contribution in [2.75, 3.05) is 6.54 Å². The van der Waals surface area contributed by atoms with Gasteiger partial charge >= 0.3 is 0 Å². The molecule has 3 unspecified atom stereocenters. The largest absolute Gasteiger partial charge is 0.393 e. The Balaban J connectivity index is 1.75. The number of fused-ring (bicyclic) bond motifs is 1. The van der Waals surface area contributed by atoms with Crippen molar-refractivity contribution in [3.05, 3.63) is 29.0 Å². The van der Waals surface area contributed by atoms with Crippen LogP contribution in [0.1, 0.15) is 38.1 Å². The molecule has 1 aliphatic rings. The molecular formula is C16H22ClN3O. The summed E-state index contributed by atoms with van der Waals surface area (Å²) in [5, 5.41) is 14.1. The topological polar surface area (TPSA) is 50.1 Å². The maximum atomic E-state index is 9.90. The van der Waals surface area contributed by atoms with Gasteiger partial charge in [-0.25, -0.2) is 4.98 Å². The van der Waals surface area contributed by atoms with Gasteiger partial charge in [0.1, 0.15) is 5.82 Å². The fraction of sp³-hybridized carbons (Fsp3) is 0.562. The molecule has 0 bridgehead atoms. The number of aliphatic hydroxyl groups excluding tert-OH is 1. The quantitative estimate of drug-likeness (QED) is 0.913. The lowest BCUT2D eigenvalue weighted by Crippen LogP contribution is -2.30. The Morgan fingerprint density at radius 2 is 2.29 bits per heavy atom.